The van der Waals surface area contributed by atoms with Crippen LogP contribution in [-0.2, 0) is 16.0 Å². The maximum Gasteiger partial charge on any atom is 0.341 e. The Hall–Kier alpha value is -3.12. The van der Waals surface area contributed by atoms with Gasteiger partial charge in [-0.1, -0.05) is 48.0 Å². The van der Waals surface area contributed by atoms with E-state index in [2.05, 4.69) is 23.2 Å². The molecular formula is C24H24N2O3S. The van der Waals surface area contributed by atoms with Crippen LogP contribution in [0.3, 0.4) is 0 Å². The number of amides is 1. The number of nitrogens with one attached hydrogen (secondary N) is 1. The standard InChI is InChI=1S/C24H24N2O3S/c1-15-8-10-17(11-9-15)19-14-30-23(22(19)24(28)29-3)25-21(27)13-26-16(2)12-18-6-4-5-7-20(18)26/h4-11,14,16H,12-13H2,1-3H3,(H,25,27). The number of hydrogen-bond acceptors (Lipinski definition) is 5. The summed E-state index contributed by atoms with van der Waals surface area (Å²) in [5.74, 6) is -0.608. The zero-order valence-electron chi connectivity index (χ0n) is 17.3. The van der Waals surface area contributed by atoms with Crippen molar-refractivity contribution in [3.8, 4) is 11.1 Å². The van der Waals surface area contributed by atoms with Gasteiger partial charge in [-0.2, -0.15) is 0 Å². The summed E-state index contributed by atoms with van der Waals surface area (Å²) in [5, 5.41) is 5.35. The molecule has 1 aliphatic rings. The van der Waals surface area contributed by atoms with Gasteiger partial charge in [0.1, 0.15) is 10.6 Å². The molecule has 0 spiro atoms. The number of carbonyl (C=O) groups is 2. The van der Waals surface area contributed by atoms with E-state index in [0.29, 0.717) is 10.6 Å². The fourth-order valence-electron chi connectivity index (χ4n) is 3.89. The summed E-state index contributed by atoms with van der Waals surface area (Å²) in [7, 11) is 1.35. The zero-order valence-corrected chi connectivity index (χ0v) is 18.1. The first-order valence-electron chi connectivity index (χ1n) is 9.89. The molecule has 1 atom stereocenters. The third-order valence-corrected chi connectivity index (χ3v) is 6.35. The van der Waals surface area contributed by atoms with E-state index in [1.54, 1.807) is 0 Å². The van der Waals surface area contributed by atoms with Gasteiger partial charge in [0.15, 0.2) is 0 Å². The number of aryl methyl sites for hydroxylation is 1. The van der Waals surface area contributed by atoms with Gasteiger partial charge in [-0.25, -0.2) is 4.79 Å². The number of thiophene rings is 1. The van der Waals surface area contributed by atoms with E-state index < -0.39 is 5.97 Å². The van der Waals surface area contributed by atoms with E-state index in [4.69, 9.17) is 4.74 Å². The molecule has 0 radical (unpaired) electrons. The average Bonchev–Trinajstić information content (AvgIpc) is 3.29. The second-order valence-electron chi connectivity index (χ2n) is 7.57. The van der Waals surface area contributed by atoms with E-state index in [1.807, 2.05) is 54.8 Å². The highest BCUT2D eigenvalue weighted by molar-refractivity contribution is 7.15. The van der Waals surface area contributed by atoms with Gasteiger partial charge in [-0.15, -0.1) is 11.3 Å². The quantitative estimate of drug-likeness (QED) is 0.597. The minimum absolute atomic E-state index is 0.152. The van der Waals surface area contributed by atoms with Crippen molar-refractivity contribution < 1.29 is 14.3 Å². The molecule has 0 bridgehead atoms. The number of carbonyl (C=O) groups excluding carboxylic acids is 2. The maximum absolute atomic E-state index is 12.9. The van der Waals surface area contributed by atoms with Crippen molar-refractivity contribution in [3.63, 3.8) is 0 Å². The van der Waals surface area contributed by atoms with Crippen molar-refractivity contribution in [3.05, 3.63) is 70.6 Å². The second kappa shape index (κ2) is 8.32. The summed E-state index contributed by atoms with van der Waals surface area (Å²) in [6, 6.07) is 16.4. The number of nitrogens with zero attached hydrogens (tertiary/aromatic N) is 1. The van der Waals surface area contributed by atoms with Crippen LogP contribution in [0.5, 0.6) is 0 Å². The first-order chi connectivity index (χ1) is 14.5. The van der Waals surface area contributed by atoms with Crippen molar-refractivity contribution >= 4 is 33.9 Å². The number of hydrogen-bond donors (Lipinski definition) is 1. The summed E-state index contributed by atoms with van der Waals surface area (Å²) in [4.78, 5) is 27.5. The van der Waals surface area contributed by atoms with E-state index in [-0.39, 0.29) is 18.5 Å². The van der Waals surface area contributed by atoms with Crippen LogP contribution in [0.4, 0.5) is 10.7 Å². The SMILES string of the molecule is COC(=O)c1c(-c2ccc(C)cc2)csc1NC(=O)CN1c2ccccc2CC1C. The third kappa shape index (κ3) is 3.83. The highest BCUT2D eigenvalue weighted by atomic mass is 32.1. The molecule has 6 heteroatoms. The van der Waals surface area contributed by atoms with Crippen LogP contribution in [-0.4, -0.2) is 31.6 Å². The van der Waals surface area contributed by atoms with Crippen LogP contribution in [0.2, 0.25) is 0 Å². The number of para-hydroxylation sites is 1. The van der Waals surface area contributed by atoms with E-state index in [9.17, 15) is 9.59 Å². The molecule has 5 nitrogen and oxygen atoms in total. The van der Waals surface area contributed by atoms with Gasteiger partial charge in [-0.05, 0) is 37.5 Å². The molecule has 3 aromatic rings. The number of methoxy groups -OCH3 is 1. The number of benzene rings is 2. The zero-order chi connectivity index (χ0) is 21.3. The largest absolute Gasteiger partial charge is 0.465 e. The van der Waals surface area contributed by atoms with Crippen LogP contribution in [0.1, 0.15) is 28.4 Å². The van der Waals surface area contributed by atoms with Gasteiger partial charge in [0.25, 0.3) is 0 Å². The molecule has 1 unspecified atom stereocenters. The average molecular weight is 421 g/mol. The smallest absolute Gasteiger partial charge is 0.341 e. The van der Waals surface area contributed by atoms with Crippen molar-refractivity contribution in [2.75, 3.05) is 23.9 Å². The molecule has 2 aromatic carbocycles. The molecule has 1 aromatic heterocycles. The van der Waals surface area contributed by atoms with E-state index in [0.717, 1.165) is 28.8 Å². The van der Waals surface area contributed by atoms with Crippen LogP contribution in [0.25, 0.3) is 11.1 Å². The monoisotopic (exact) mass is 420 g/mol. The third-order valence-electron chi connectivity index (χ3n) is 5.46. The first-order valence-corrected chi connectivity index (χ1v) is 10.8. The Balaban J connectivity index is 1.58. The molecule has 2 heterocycles. The van der Waals surface area contributed by atoms with Crippen LogP contribution >= 0.6 is 11.3 Å². The Kier molecular flexibility index (Phi) is 5.59. The fourth-order valence-corrected chi connectivity index (χ4v) is 4.87. The topological polar surface area (TPSA) is 58.6 Å². The molecule has 1 aliphatic heterocycles. The minimum Gasteiger partial charge on any atom is -0.465 e. The Morgan fingerprint density at radius 2 is 1.90 bits per heavy atom. The lowest BCUT2D eigenvalue weighted by molar-refractivity contribution is -0.115. The first kappa shape index (κ1) is 20.2. The predicted octanol–water partition coefficient (Wildman–Crippen LogP) is 4.90. The molecule has 0 saturated carbocycles. The molecule has 0 fully saturated rings. The summed E-state index contributed by atoms with van der Waals surface area (Å²) < 4.78 is 5.01. The van der Waals surface area contributed by atoms with Crippen LogP contribution < -0.4 is 10.2 Å². The van der Waals surface area contributed by atoms with Crippen molar-refractivity contribution in [2.45, 2.75) is 26.3 Å². The number of anilines is 2. The summed E-state index contributed by atoms with van der Waals surface area (Å²) in [5.41, 5.74) is 5.57. The Morgan fingerprint density at radius 3 is 2.63 bits per heavy atom. The lowest BCUT2D eigenvalue weighted by Crippen LogP contribution is -2.37. The van der Waals surface area contributed by atoms with Crippen LogP contribution in [0.15, 0.2) is 53.9 Å². The molecule has 1 amide bonds. The molecule has 0 saturated heterocycles. The highest BCUT2D eigenvalue weighted by Crippen LogP contribution is 2.37. The Bertz CT molecular complexity index is 1090. The molecule has 1 N–H and O–H groups in total. The van der Waals surface area contributed by atoms with Gasteiger partial charge >= 0.3 is 5.97 Å². The normalized spacial score (nSPS) is 15.0. The van der Waals surface area contributed by atoms with E-state index >= 15 is 0 Å². The molecule has 154 valence electrons. The van der Waals surface area contributed by atoms with Crippen molar-refractivity contribution in [2.24, 2.45) is 0 Å². The summed E-state index contributed by atoms with van der Waals surface area (Å²) in [6.07, 6.45) is 0.924. The Labute approximate surface area is 180 Å². The van der Waals surface area contributed by atoms with Gasteiger partial charge in [0.05, 0.1) is 13.7 Å². The number of fused-ring (bicyclic) bond motifs is 1. The van der Waals surface area contributed by atoms with Gasteiger partial charge in [0.2, 0.25) is 5.91 Å². The fraction of sp³-hybridized carbons (Fsp3) is 0.250. The van der Waals surface area contributed by atoms with E-state index in [1.165, 1.54) is 24.0 Å². The lowest BCUT2D eigenvalue weighted by Gasteiger charge is -2.24. The molecule has 30 heavy (non-hydrogen) atoms. The summed E-state index contributed by atoms with van der Waals surface area (Å²) in [6.45, 7) is 4.37. The molecule has 0 aliphatic carbocycles. The maximum atomic E-state index is 12.9. The van der Waals surface area contributed by atoms with Crippen molar-refractivity contribution in [1.29, 1.82) is 0 Å². The predicted molar refractivity (Wildman–Crippen MR) is 121 cm³/mol. The number of ether oxygens (including phenoxy) is 1. The highest BCUT2D eigenvalue weighted by Gasteiger charge is 2.28. The van der Waals surface area contributed by atoms with Gasteiger partial charge in [-0.3, -0.25) is 4.79 Å². The lowest BCUT2D eigenvalue weighted by atomic mass is 10.0. The van der Waals surface area contributed by atoms with Crippen molar-refractivity contribution in [1.82, 2.24) is 0 Å². The van der Waals surface area contributed by atoms with Gasteiger partial charge in [0, 0.05) is 22.7 Å². The molecular weight excluding hydrogens is 396 g/mol. The number of rotatable bonds is 5. The minimum atomic E-state index is -0.456. The number of esters is 1. The summed E-state index contributed by atoms with van der Waals surface area (Å²) >= 11 is 1.34. The molecule has 4 rings (SSSR count). The van der Waals surface area contributed by atoms with Crippen LogP contribution in [0, 0.1) is 6.92 Å². The second-order valence-corrected chi connectivity index (χ2v) is 8.45. The van der Waals surface area contributed by atoms with Gasteiger partial charge < -0.3 is 15.0 Å². The Morgan fingerprint density at radius 1 is 1.17 bits per heavy atom.